The number of benzene rings is 1. The molecular formula is C20H21NO4. The molecule has 0 unspecified atom stereocenters. The maximum Gasteiger partial charge on any atom is 0.346 e. The van der Waals surface area contributed by atoms with Crippen LogP contribution in [-0.4, -0.2) is 30.1 Å². The van der Waals surface area contributed by atoms with Crippen LogP contribution in [0.25, 0.3) is 5.57 Å². The van der Waals surface area contributed by atoms with E-state index in [1.54, 1.807) is 38.4 Å². The zero-order valence-corrected chi connectivity index (χ0v) is 14.6. The van der Waals surface area contributed by atoms with Gasteiger partial charge in [0.15, 0.2) is 5.57 Å². The Kier molecular flexibility index (Phi) is 6.46. The third kappa shape index (κ3) is 4.53. The highest BCUT2D eigenvalue weighted by molar-refractivity contribution is 6.21. The number of carbonyl (C=O) groups is 2. The van der Waals surface area contributed by atoms with E-state index in [9.17, 15) is 9.59 Å². The average molecular weight is 339 g/mol. The number of hydrogen-bond donors (Lipinski definition) is 0. The molecule has 0 radical (unpaired) electrons. The third-order valence-corrected chi connectivity index (χ3v) is 3.52. The van der Waals surface area contributed by atoms with Gasteiger partial charge >= 0.3 is 11.9 Å². The maximum atomic E-state index is 12.5. The van der Waals surface area contributed by atoms with Crippen LogP contribution in [-0.2, 0) is 19.1 Å². The predicted molar refractivity (Wildman–Crippen MR) is 94.7 cm³/mol. The van der Waals surface area contributed by atoms with E-state index in [1.807, 2.05) is 31.2 Å². The molecule has 0 N–H and O–H groups in total. The van der Waals surface area contributed by atoms with E-state index < -0.39 is 11.9 Å². The molecule has 0 aliphatic rings. The first kappa shape index (κ1) is 18.4. The number of esters is 2. The van der Waals surface area contributed by atoms with Crippen molar-refractivity contribution in [3.63, 3.8) is 0 Å². The summed E-state index contributed by atoms with van der Waals surface area (Å²) in [6.07, 6.45) is 3.22. The van der Waals surface area contributed by atoms with Crippen LogP contribution in [0.3, 0.4) is 0 Å². The van der Waals surface area contributed by atoms with Crippen molar-refractivity contribution in [2.75, 3.05) is 13.2 Å². The van der Waals surface area contributed by atoms with Gasteiger partial charge in [-0.2, -0.15) is 0 Å². The fraction of sp³-hybridized carbons (Fsp3) is 0.250. The normalized spacial score (nSPS) is 10.0. The minimum atomic E-state index is -0.701. The molecule has 0 fully saturated rings. The summed E-state index contributed by atoms with van der Waals surface area (Å²) in [5.74, 6) is -1.40. The highest BCUT2D eigenvalue weighted by Crippen LogP contribution is 2.28. The van der Waals surface area contributed by atoms with Crippen LogP contribution in [0, 0.1) is 6.92 Å². The summed E-state index contributed by atoms with van der Waals surface area (Å²) in [6.45, 7) is 5.69. The molecule has 0 amide bonds. The van der Waals surface area contributed by atoms with Crippen molar-refractivity contribution in [2.24, 2.45) is 0 Å². The molecule has 5 nitrogen and oxygen atoms in total. The van der Waals surface area contributed by atoms with Gasteiger partial charge in [-0.1, -0.05) is 29.8 Å². The average Bonchev–Trinajstić information content (AvgIpc) is 2.61. The van der Waals surface area contributed by atoms with Crippen molar-refractivity contribution in [3.05, 3.63) is 71.1 Å². The van der Waals surface area contributed by atoms with Crippen LogP contribution in [0.15, 0.2) is 54.4 Å². The van der Waals surface area contributed by atoms with E-state index in [0.717, 1.165) is 11.1 Å². The van der Waals surface area contributed by atoms with Crippen molar-refractivity contribution in [3.8, 4) is 0 Å². The highest BCUT2D eigenvalue weighted by Gasteiger charge is 2.27. The van der Waals surface area contributed by atoms with Crippen molar-refractivity contribution in [1.29, 1.82) is 0 Å². The summed E-state index contributed by atoms with van der Waals surface area (Å²) >= 11 is 0. The van der Waals surface area contributed by atoms with Gasteiger partial charge in [0.1, 0.15) is 0 Å². The lowest BCUT2D eigenvalue weighted by molar-refractivity contribution is -0.146. The van der Waals surface area contributed by atoms with Crippen LogP contribution in [0.5, 0.6) is 0 Å². The molecule has 1 aromatic carbocycles. The van der Waals surface area contributed by atoms with Crippen LogP contribution in [0.4, 0.5) is 0 Å². The smallest absolute Gasteiger partial charge is 0.346 e. The van der Waals surface area contributed by atoms with Gasteiger partial charge in [-0.15, -0.1) is 0 Å². The molecule has 0 saturated heterocycles. The molecule has 0 atom stereocenters. The second kappa shape index (κ2) is 8.78. The van der Waals surface area contributed by atoms with Gasteiger partial charge in [0.05, 0.1) is 13.2 Å². The molecule has 5 heteroatoms. The standard InChI is InChI=1S/C20H21NO4/c1-4-24-19(22)18(20(23)25-5-2)17(16-10-12-21-13-11-16)15-8-6-14(3)7-9-15/h6-13H,4-5H2,1-3H3. The molecule has 0 aliphatic heterocycles. The van der Waals surface area contributed by atoms with Crippen LogP contribution in [0.2, 0.25) is 0 Å². The fourth-order valence-electron chi connectivity index (χ4n) is 2.39. The van der Waals surface area contributed by atoms with Gasteiger partial charge in [-0.3, -0.25) is 4.98 Å². The monoisotopic (exact) mass is 339 g/mol. The second-order valence-electron chi connectivity index (χ2n) is 5.29. The quantitative estimate of drug-likeness (QED) is 0.350. The Hall–Kier alpha value is -2.95. The number of rotatable bonds is 6. The minimum absolute atomic E-state index is 0.112. The first-order valence-corrected chi connectivity index (χ1v) is 8.14. The van der Waals surface area contributed by atoms with Gasteiger partial charge in [0, 0.05) is 18.0 Å². The van der Waals surface area contributed by atoms with Gasteiger partial charge in [0.2, 0.25) is 0 Å². The fourth-order valence-corrected chi connectivity index (χ4v) is 2.39. The Balaban J connectivity index is 2.74. The number of aryl methyl sites for hydroxylation is 1. The van der Waals surface area contributed by atoms with E-state index in [1.165, 1.54) is 0 Å². The molecule has 2 rings (SSSR count). The summed E-state index contributed by atoms with van der Waals surface area (Å²) in [6, 6.07) is 11.1. The van der Waals surface area contributed by atoms with E-state index in [4.69, 9.17) is 9.47 Å². The van der Waals surface area contributed by atoms with Crippen LogP contribution < -0.4 is 0 Å². The minimum Gasteiger partial charge on any atom is -0.462 e. The Morgan fingerprint density at radius 3 is 1.80 bits per heavy atom. The Bertz CT molecular complexity index is 744. The largest absolute Gasteiger partial charge is 0.462 e. The topological polar surface area (TPSA) is 65.5 Å². The highest BCUT2D eigenvalue weighted by atomic mass is 16.6. The lowest BCUT2D eigenvalue weighted by Crippen LogP contribution is -2.20. The molecule has 0 saturated carbocycles. The number of ether oxygens (including phenoxy) is 2. The van der Waals surface area contributed by atoms with Crippen molar-refractivity contribution >= 4 is 17.5 Å². The molecule has 0 bridgehead atoms. The van der Waals surface area contributed by atoms with Crippen molar-refractivity contribution < 1.29 is 19.1 Å². The molecule has 0 spiro atoms. The lowest BCUT2D eigenvalue weighted by Gasteiger charge is -2.15. The second-order valence-corrected chi connectivity index (χ2v) is 5.29. The lowest BCUT2D eigenvalue weighted by atomic mass is 9.93. The number of aromatic nitrogens is 1. The molecule has 1 heterocycles. The molecule has 1 aromatic heterocycles. The summed E-state index contributed by atoms with van der Waals surface area (Å²) in [5, 5.41) is 0. The van der Waals surface area contributed by atoms with E-state index in [2.05, 4.69) is 4.98 Å². The zero-order valence-electron chi connectivity index (χ0n) is 14.6. The number of carbonyl (C=O) groups excluding carboxylic acids is 2. The van der Waals surface area contributed by atoms with Gasteiger partial charge in [0.25, 0.3) is 0 Å². The van der Waals surface area contributed by atoms with E-state index >= 15 is 0 Å². The van der Waals surface area contributed by atoms with E-state index in [-0.39, 0.29) is 18.8 Å². The van der Waals surface area contributed by atoms with Crippen molar-refractivity contribution in [2.45, 2.75) is 20.8 Å². The number of hydrogen-bond acceptors (Lipinski definition) is 5. The van der Waals surface area contributed by atoms with Crippen LogP contribution >= 0.6 is 0 Å². The molecule has 25 heavy (non-hydrogen) atoms. The summed E-state index contributed by atoms with van der Waals surface area (Å²) in [4.78, 5) is 29.0. The molecule has 2 aromatic rings. The predicted octanol–water partition coefficient (Wildman–Crippen LogP) is 3.32. The van der Waals surface area contributed by atoms with Gasteiger partial charge in [-0.05, 0) is 44.0 Å². The summed E-state index contributed by atoms with van der Waals surface area (Å²) in [5.41, 5.74) is 2.85. The SMILES string of the molecule is CCOC(=O)C(C(=O)OCC)=C(c1ccncc1)c1ccc(C)cc1. The molecule has 130 valence electrons. The maximum absolute atomic E-state index is 12.5. The summed E-state index contributed by atoms with van der Waals surface area (Å²) < 4.78 is 10.2. The van der Waals surface area contributed by atoms with Crippen LogP contribution in [0.1, 0.15) is 30.5 Å². The first-order valence-electron chi connectivity index (χ1n) is 8.14. The third-order valence-electron chi connectivity index (χ3n) is 3.52. The Morgan fingerprint density at radius 2 is 1.32 bits per heavy atom. The van der Waals surface area contributed by atoms with Gasteiger partial charge in [-0.25, -0.2) is 9.59 Å². The Morgan fingerprint density at radius 1 is 0.840 bits per heavy atom. The first-order chi connectivity index (χ1) is 12.1. The van der Waals surface area contributed by atoms with Crippen molar-refractivity contribution in [1.82, 2.24) is 4.98 Å². The van der Waals surface area contributed by atoms with Gasteiger partial charge < -0.3 is 9.47 Å². The number of nitrogens with zero attached hydrogens (tertiary/aromatic N) is 1. The molecular weight excluding hydrogens is 318 g/mol. The zero-order chi connectivity index (χ0) is 18.2. The Labute approximate surface area is 147 Å². The van der Waals surface area contributed by atoms with E-state index in [0.29, 0.717) is 11.1 Å². The number of pyridine rings is 1. The summed E-state index contributed by atoms with van der Waals surface area (Å²) in [7, 11) is 0. The molecule has 0 aliphatic carbocycles.